The third-order valence-electron chi connectivity index (χ3n) is 6.69. The molecule has 35 heavy (non-hydrogen) atoms. The maximum Gasteiger partial charge on any atom is 0.325 e. The van der Waals surface area contributed by atoms with E-state index < -0.39 is 12.0 Å². The van der Waals surface area contributed by atoms with E-state index in [1.165, 1.54) is 12.0 Å². The number of aliphatic carboxylic acids is 1. The summed E-state index contributed by atoms with van der Waals surface area (Å²) < 4.78 is 12.1. The SMILES string of the molecule is CC(C)COc1ccccc1C(C(=O)O)N1CCC(OCCCCc2ccc3c(n2)NCCC3)C1. The summed E-state index contributed by atoms with van der Waals surface area (Å²) in [5.74, 6) is 1.23. The van der Waals surface area contributed by atoms with Crippen LogP contribution in [0.5, 0.6) is 5.75 Å². The van der Waals surface area contributed by atoms with Gasteiger partial charge in [0.1, 0.15) is 17.6 Å². The standard InChI is InChI=1S/C28H39N3O4/c1-20(2)19-35-25-11-4-3-10-24(25)26(28(32)33)31-16-14-23(18-31)34-17-6-5-9-22-13-12-21-8-7-15-29-27(21)30-22/h3-4,10-13,20,23,26H,5-9,14-19H2,1-2H3,(H,29,30)(H,32,33). The van der Waals surface area contributed by atoms with Crippen molar-refractivity contribution in [3.8, 4) is 5.75 Å². The van der Waals surface area contributed by atoms with Crippen LogP contribution >= 0.6 is 0 Å². The van der Waals surface area contributed by atoms with Crippen molar-refractivity contribution in [2.45, 2.75) is 64.5 Å². The van der Waals surface area contributed by atoms with Gasteiger partial charge in [0.15, 0.2) is 0 Å². The zero-order valence-corrected chi connectivity index (χ0v) is 21.0. The summed E-state index contributed by atoms with van der Waals surface area (Å²) in [4.78, 5) is 19.0. The number of likely N-dealkylation sites (tertiary alicyclic amines) is 1. The summed E-state index contributed by atoms with van der Waals surface area (Å²) in [5, 5.41) is 13.5. The normalized spacial score (nSPS) is 18.8. The molecule has 1 aromatic carbocycles. The molecule has 0 radical (unpaired) electrons. The summed E-state index contributed by atoms with van der Waals surface area (Å²) in [6, 6.07) is 11.1. The molecule has 3 heterocycles. The fourth-order valence-corrected chi connectivity index (χ4v) is 4.87. The lowest BCUT2D eigenvalue weighted by atomic mass is 10.0. The number of hydrogen-bond donors (Lipinski definition) is 2. The molecule has 190 valence electrons. The molecular weight excluding hydrogens is 442 g/mol. The van der Waals surface area contributed by atoms with Crippen LogP contribution in [0.1, 0.15) is 62.4 Å². The largest absolute Gasteiger partial charge is 0.493 e. The van der Waals surface area contributed by atoms with Gasteiger partial charge in [-0.2, -0.15) is 0 Å². The van der Waals surface area contributed by atoms with Gasteiger partial charge in [0.05, 0.1) is 12.7 Å². The van der Waals surface area contributed by atoms with Crippen molar-refractivity contribution < 1.29 is 19.4 Å². The third kappa shape index (κ3) is 6.95. The number of rotatable bonds is 12. The Morgan fingerprint density at radius 3 is 2.91 bits per heavy atom. The molecule has 2 atom stereocenters. The topological polar surface area (TPSA) is 83.9 Å². The number of ether oxygens (including phenoxy) is 2. The van der Waals surface area contributed by atoms with Gasteiger partial charge in [0.25, 0.3) is 0 Å². The van der Waals surface area contributed by atoms with Crippen molar-refractivity contribution in [3.63, 3.8) is 0 Å². The van der Waals surface area contributed by atoms with Crippen molar-refractivity contribution >= 4 is 11.8 Å². The number of aromatic nitrogens is 1. The van der Waals surface area contributed by atoms with Crippen LogP contribution in [0.15, 0.2) is 36.4 Å². The summed E-state index contributed by atoms with van der Waals surface area (Å²) in [6.45, 7) is 7.75. The average Bonchev–Trinajstić information content (AvgIpc) is 3.31. The molecule has 7 heteroatoms. The number of carbonyl (C=O) groups is 1. The van der Waals surface area contributed by atoms with Gasteiger partial charge in [-0.1, -0.05) is 38.1 Å². The number of nitrogens with zero attached hydrogens (tertiary/aromatic N) is 2. The molecule has 2 aliphatic rings. The van der Waals surface area contributed by atoms with E-state index in [-0.39, 0.29) is 6.10 Å². The minimum atomic E-state index is -0.849. The van der Waals surface area contributed by atoms with E-state index in [4.69, 9.17) is 14.5 Å². The smallest absolute Gasteiger partial charge is 0.325 e. The maximum absolute atomic E-state index is 12.3. The summed E-state index contributed by atoms with van der Waals surface area (Å²) in [6.07, 6.45) is 6.14. The van der Waals surface area contributed by atoms with Gasteiger partial charge in [-0.3, -0.25) is 9.69 Å². The first-order valence-electron chi connectivity index (χ1n) is 13.0. The minimum Gasteiger partial charge on any atom is -0.493 e. The molecule has 0 bridgehead atoms. The number of nitrogens with one attached hydrogen (secondary N) is 1. The third-order valence-corrected chi connectivity index (χ3v) is 6.69. The van der Waals surface area contributed by atoms with Gasteiger partial charge in [-0.05, 0) is 62.1 Å². The number of carboxylic acids is 1. The molecular formula is C28H39N3O4. The highest BCUT2D eigenvalue weighted by Gasteiger charge is 2.35. The van der Waals surface area contributed by atoms with Crippen LogP contribution in [0, 0.1) is 5.92 Å². The van der Waals surface area contributed by atoms with Crippen LogP contribution in [0.2, 0.25) is 0 Å². The predicted molar refractivity (Wildman–Crippen MR) is 137 cm³/mol. The number of carboxylic acid groups (broad SMARTS) is 1. The first-order chi connectivity index (χ1) is 17.0. The Hall–Kier alpha value is -2.64. The van der Waals surface area contributed by atoms with Crippen LogP contribution in [0.4, 0.5) is 5.82 Å². The number of anilines is 1. The molecule has 1 aromatic heterocycles. The Kier molecular flexibility index (Phi) is 8.99. The van der Waals surface area contributed by atoms with Crippen LogP contribution < -0.4 is 10.1 Å². The second-order valence-corrected chi connectivity index (χ2v) is 10.1. The maximum atomic E-state index is 12.3. The first kappa shape index (κ1) is 25.5. The number of fused-ring (bicyclic) bond motifs is 1. The zero-order valence-electron chi connectivity index (χ0n) is 21.0. The van der Waals surface area contributed by atoms with Gasteiger partial charge in [-0.25, -0.2) is 4.98 Å². The number of pyridine rings is 1. The van der Waals surface area contributed by atoms with Crippen LogP contribution in [-0.2, 0) is 22.4 Å². The average molecular weight is 482 g/mol. The Bertz CT molecular complexity index is 980. The van der Waals surface area contributed by atoms with Crippen LogP contribution in [0.3, 0.4) is 0 Å². The lowest BCUT2D eigenvalue weighted by Gasteiger charge is -2.26. The Balaban J connectivity index is 1.24. The molecule has 2 aliphatic heterocycles. The van der Waals surface area contributed by atoms with E-state index in [1.807, 2.05) is 29.2 Å². The predicted octanol–water partition coefficient (Wildman–Crippen LogP) is 4.71. The van der Waals surface area contributed by atoms with E-state index in [2.05, 4.69) is 31.3 Å². The molecule has 0 spiro atoms. The zero-order chi connectivity index (χ0) is 24.6. The molecule has 2 N–H and O–H groups in total. The lowest BCUT2D eigenvalue weighted by Crippen LogP contribution is -2.34. The van der Waals surface area contributed by atoms with Crippen molar-refractivity contribution in [1.82, 2.24) is 9.88 Å². The number of unbranched alkanes of at least 4 members (excludes halogenated alkanes) is 1. The number of hydrogen-bond acceptors (Lipinski definition) is 6. The number of aryl methyl sites for hydroxylation is 2. The number of benzene rings is 1. The monoisotopic (exact) mass is 481 g/mol. The Morgan fingerprint density at radius 2 is 2.09 bits per heavy atom. The quantitative estimate of drug-likeness (QED) is 0.425. The van der Waals surface area contributed by atoms with E-state index in [1.54, 1.807) is 0 Å². The van der Waals surface area contributed by atoms with E-state index in [0.717, 1.165) is 50.2 Å². The summed E-state index contributed by atoms with van der Waals surface area (Å²) in [5.41, 5.74) is 3.17. The van der Waals surface area contributed by atoms with Gasteiger partial charge in [0, 0.05) is 37.5 Å². The molecule has 2 unspecified atom stereocenters. The molecule has 1 saturated heterocycles. The van der Waals surface area contributed by atoms with Crippen molar-refractivity contribution in [3.05, 3.63) is 53.2 Å². The van der Waals surface area contributed by atoms with Gasteiger partial charge < -0.3 is 19.9 Å². The van der Waals surface area contributed by atoms with Crippen molar-refractivity contribution in [1.29, 1.82) is 0 Å². The highest BCUT2D eigenvalue weighted by molar-refractivity contribution is 5.76. The molecule has 0 aliphatic carbocycles. The lowest BCUT2D eigenvalue weighted by molar-refractivity contribution is -0.143. The molecule has 0 amide bonds. The fraction of sp³-hybridized carbons (Fsp3) is 0.571. The number of para-hydroxylation sites is 1. The molecule has 1 fully saturated rings. The Labute approximate surface area is 208 Å². The van der Waals surface area contributed by atoms with Crippen molar-refractivity contribution in [2.24, 2.45) is 5.92 Å². The second kappa shape index (κ2) is 12.4. The van der Waals surface area contributed by atoms with E-state index in [9.17, 15) is 9.90 Å². The summed E-state index contributed by atoms with van der Waals surface area (Å²) >= 11 is 0. The van der Waals surface area contributed by atoms with E-state index in [0.29, 0.717) is 43.5 Å². The molecule has 4 rings (SSSR count). The van der Waals surface area contributed by atoms with Gasteiger partial charge >= 0.3 is 5.97 Å². The van der Waals surface area contributed by atoms with E-state index >= 15 is 0 Å². The Morgan fingerprint density at radius 1 is 1.23 bits per heavy atom. The second-order valence-electron chi connectivity index (χ2n) is 10.1. The fourth-order valence-electron chi connectivity index (χ4n) is 4.87. The van der Waals surface area contributed by atoms with Crippen LogP contribution in [-0.4, -0.2) is 59.9 Å². The minimum absolute atomic E-state index is 0.0617. The molecule has 2 aromatic rings. The highest BCUT2D eigenvalue weighted by atomic mass is 16.5. The molecule has 7 nitrogen and oxygen atoms in total. The van der Waals surface area contributed by atoms with Gasteiger partial charge in [-0.15, -0.1) is 0 Å². The van der Waals surface area contributed by atoms with Gasteiger partial charge in [0.2, 0.25) is 0 Å². The highest BCUT2D eigenvalue weighted by Crippen LogP contribution is 2.33. The van der Waals surface area contributed by atoms with Crippen LogP contribution in [0.25, 0.3) is 0 Å². The summed E-state index contributed by atoms with van der Waals surface area (Å²) in [7, 11) is 0. The molecule has 0 saturated carbocycles. The van der Waals surface area contributed by atoms with Crippen molar-refractivity contribution in [2.75, 3.05) is 38.2 Å². The first-order valence-corrected chi connectivity index (χ1v) is 13.0.